The standard InChI is InChI=1S/C61H61BN2O/c1-57(2,3)34-21-24-36(25-22-34)63-46-32-44-43(59(7,8)27-28-60(44,9)10)30-40(46)53-54-51(38-18-13-15-19-42(38)61(54,11)12)52-41-29-35(58(4,5)6)23-26-47(41)64-48-31-39-37-17-14-16-20-49(37)65-50(39)33-45(48)62-55(53)56(52)64/h13-26,29-33,62-63H,27-28H2,1-12H3. The molecular weight excluding hydrogens is 787 g/mol. The highest BCUT2D eigenvalue weighted by Crippen LogP contribution is 2.58. The van der Waals surface area contributed by atoms with Gasteiger partial charge in [-0.05, 0) is 145 Å². The number of benzene rings is 7. The van der Waals surface area contributed by atoms with Gasteiger partial charge in [0.15, 0.2) is 7.28 Å². The van der Waals surface area contributed by atoms with E-state index in [4.69, 9.17) is 4.42 Å². The first-order chi connectivity index (χ1) is 30.7. The summed E-state index contributed by atoms with van der Waals surface area (Å²) in [5.41, 5.74) is 24.4. The maximum atomic E-state index is 6.67. The van der Waals surface area contributed by atoms with Gasteiger partial charge in [0.2, 0.25) is 0 Å². The van der Waals surface area contributed by atoms with Crippen molar-refractivity contribution in [3.8, 4) is 27.9 Å². The number of hydrogen-bond acceptors (Lipinski definition) is 2. The van der Waals surface area contributed by atoms with E-state index in [0.717, 1.165) is 42.4 Å². The summed E-state index contributed by atoms with van der Waals surface area (Å²) in [5, 5.41) is 9.17. The number of rotatable bonds is 3. The molecule has 4 heteroatoms. The van der Waals surface area contributed by atoms with Gasteiger partial charge in [0.1, 0.15) is 11.2 Å². The fourth-order valence-corrected chi connectivity index (χ4v) is 12.3. The van der Waals surface area contributed by atoms with Gasteiger partial charge >= 0.3 is 0 Å². The molecular formula is C61H61BN2O. The number of nitrogens with zero attached hydrogens (tertiary/aromatic N) is 1. The maximum Gasteiger partial charge on any atom is 0.198 e. The van der Waals surface area contributed by atoms with Crippen LogP contribution in [-0.4, -0.2) is 11.8 Å². The van der Waals surface area contributed by atoms with Gasteiger partial charge in [-0.15, -0.1) is 0 Å². The van der Waals surface area contributed by atoms with Crippen LogP contribution in [0.25, 0.3) is 71.7 Å². The Labute approximate surface area is 385 Å². The molecule has 0 saturated carbocycles. The third-order valence-corrected chi connectivity index (χ3v) is 16.1. The quantitative estimate of drug-likeness (QED) is 0.180. The summed E-state index contributed by atoms with van der Waals surface area (Å²) in [4.78, 5) is 0. The van der Waals surface area contributed by atoms with Crippen LogP contribution in [0.2, 0.25) is 0 Å². The summed E-state index contributed by atoms with van der Waals surface area (Å²) in [6, 6.07) is 44.3. The predicted octanol–water partition coefficient (Wildman–Crippen LogP) is 15.0. The number of hydrogen-bond donors (Lipinski definition) is 1. The highest BCUT2D eigenvalue weighted by molar-refractivity contribution is 6.74. The zero-order valence-electron chi connectivity index (χ0n) is 40.4. The van der Waals surface area contributed by atoms with Crippen molar-refractivity contribution in [3.05, 3.63) is 149 Å². The zero-order valence-corrected chi connectivity index (χ0v) is 40.4. The molecule has 3 heterocycles. The van der Waals surface area contributed by atoms with Gasteiger partial charge in [-0.25, -0.2) is 0 Å². The lowest BCUT2D eigenvalue weighted by Gasteiger charge is -2.43. The molecule has 7 aromatic carbocycles. The van der Waals surface area contributed by atoms with Crippen LogP contribution in [-0.2, 0) is 27.1 Å². The van der Waals surface area contributed by atoms with Crippen LogP contribution in [0.4, 0.5) is 11.4 Å². The van der Waals surface area contributed by atoms with Crippen molar-refractivity contribution in [2.24, 2.45) is 0 Å². The smallest absolute Gasteiger partial charge is 0.198 e. The number of para-hydroxylation sites is 1. The van der Waals surface area contributed by atoms with Gasteiger partial charge in [0.05, 0.1) is 5.52 Å². The Bertz CT molecular complexity index is 3520. The summed E-state index contributed by atoms with van der Waals surface area (Å²) in [7, 11) is 0.794. The Morgan fingerprint density at radius 2 is 1.25 bits per heavy atom. The van der Waals surface area contributed by atoms with E-state index in [2.05, 4.69) is 208 Å². The highest BCUT2D eigenvalue weighted by atomic mass is 16.3. The molecule has 0 saturated heterocycles. The van der Waals surface area contributed by atoms with Crippen molar-refractivity contribution in [1.29, 1.82) is 0 Å². The Balaban J connectivity index is 1.27. The highest BCUT2D eigenvalue weighted by Gasteiger charge is 2.45. The van der Waals surface area contributed by atoms with E-state index in [1.807, 2.05) is 0 Å². The van der Waals surface area contributed by atoms with Crippen LogP contribution in [0, 0.1) is 0 Å². The zero-order chi connectivity index (χ0) is 45.3. The predicted molar refractivity (Wildman–Crippen MR) is 280 cm³/mol. The molecule has 3 nitrogen and oxygen atoms in total. The van der Waals surface area contributed by atoms with Crippen LogP contribution in [0.15, 0.2) is 120 Å². The largest absolute Gasteiger partial charge is 0.456 e. The normalized spacial score (nSPS) is 16.7. The summed E-state index contributed by atoms with van der Waals surface area (Å²) >= 11 is 0. The minimum absolute atomic E-state index is 0.0128. The van der Waals surface area contributed by atoms with Crippen LogP contribution in [0.3, 0.4) is 0 Å². The average Bonchev–Trinajstić information content (AvgIpc) is 3.87. The van der Waals surface area contributed by atoms with Gasteiger partial charge in [0, 0.05) is 55.1 Å². The lowest BCUT2D eigenvalue weighted by atomic mass is 9.56. The molecule has 1 aliphatic heterocycles. The molecule has 0 unspecified atom stereocenters. The fraction of sp³-hybridized carbons (Fsp3) is 0.311. The van der Waals surface area contributed by atoms with E-state index in [-0.39, 0.29) is 27.1 Å². The van der Waals surface area contributed by atoms with Crippen LogP contribution in [0.5, 0.6) is 0 Å². The van der Waals surface area contributed by atoms with E-state index in [1.165, 1.54) is 105 Å². The third kappa shape index (κ3) is 5.74. The molecule has 324 valence electrons. The van der Waals surface area contributed by atoms with Crippen LogP contribution in [0.1, 0.15) is 129 Å². The molecule has 12 rings (SSSR count). The van der Waals surface area contributed by atoms with Crippen molar-refractivity contribution in [3.63, 3.8) is 0 Å². The van der Waals surface area contributed by atoms with Gasteiger partial charge in [-0.1, -0.05) is 149 Å². The second-order valence-electron chi connectivity index (χ2n) is 23.7. The third-order valence-electron chi connectivity index (χ3n) is 16.1. The van der Waals surface area contributed by atoms with Crippen LogP contribution >= 0.6 is 0 Å². The molecule has 9 aromatic rings. The molecule has 0 radical (unpaired) electrons. The molecule has 2 aromatic heterocycles. The summed E-state index contributed by atoms with van der Waals surface area (Å²) in [6.07, 6.45) is 2.31. The van der Waals surface area contributed by atoms with Gasteiger partial charge < -0.3 is 14.3 Å². The number of furan rings is 1. The van der Waals surface area contributed by atoms with E-state index in [0.29, 0.717) is 0 Å². The Morgan fingerprint density at radius 3 is 1.97 bits per heavy atom. The van der Waals surface area contributed by atoms with Crippen molar-refractivity contribution in [2.75, 3.05) is 5.32 Å². The lowest BCUT2D eigenvalue weighted by Crippen LogP contribution is -2.39. The van der Waals surface area contributed by atoms with Gasteiger partial charge in [0.25, 0.3) is 0 Å². The minimum atomic E-state index is -0.276. The van der Waals surface area contributed by atoms with E-state index < -0.39 is 0 Å². The number of anilines is 2. The summed E-state index contributed by atoms with van der Waals surface area (Å²) in [5.74, 6) is 0. The Kier molecular flexibility index (Phi) is 8.16. The summed E-state index contributed by atoms with van der Waals surface area (Å²) in [6.45, 7) is 28.7. The number of fused-ring (bicyclic) bond motifs is 13. The molecule has 0 bridgehead atoms. The average molecular weight is 849 g/mol. The molecule has 65 heavy (non-hydrogen) atoms. The second kappa shape index (κ2) is 13.1. The lowest BCUT2D eigenvalue weighted by molar-refractivity contribution is 0.332. The molecule has 2 aliphatic carbocycles. The molecule has 0 amide bonds. The fourth-order valence-electron chi connectivity index (χ4n) is 12.3. The minimum Gasteiger partial charge on any atom is -0.456 e. The summed E-state index contributed by atoms with van der Waals surface area (Å²) < 4.78 is 9.31. The molecule has 0 atom stereocenters. The van der Waals surface area contributed by atoms with Gasteiger partial charge in [-0.3, -0.25) is 0 Å². The monoisotopic (exact) mass is 848 g/mol. The van der Waals surface area contributed by atoms with Crippen molar-refractivity contribution in [2.45, 2.75) is 123 Å². The SMILES string of the molecule is CC(C)(C)c1ccc(Nc2cc3c(cc2-c2c4c(c5c6cc(C(C)(C)C)ccc6n6c5c2Bc2cc5oc7ccccc7c5cc2-6)-c2ccccc2C4(C)C)C(C)(C)CCC3(C)C)cc1. The Morgan fingerprint density at radius 1 is 0.585 bits per heavy atom. The Hall–Kier alpha value is -6.00. The van der Waals surface area contributed by atoms with E-state index in [9.17, 15) is 0 Å². The molecule has 1 N–H and O–H groups in total. The van der Waals surface area contributed by atoms with Gasteiger partial charge in [-0.2, -0.15) is 0 Å². The first kappa shape index (κ1) is 40.5. The molecule has 0 fully saturated rings. The van der Waals surface area contributed by atoms with Crippen LogP contribution < -0.4 is 16.2 Å². The van der Waals surface area contributed by atoms with Crippen molar-refractivity contribution >= 4 is 73.3 Å². The van der Waals surface area contributed by atoms with E-state index in [1.54, 1.807) is 0 Å². The first-order valence-electron chi connectivity index (χ1n) is 24.0. The molecule has 0 spiro atoms. The maximum absolute atomic E-state index is 6.67. The first-order valence-corrected chi connectivity index (χ1v) is 24.0. The van der Waals surface area contributed by atoms with Crippen molar-refractivity contribution in [1.82, 2.24) is 4.57 Å². The second-order valence-corrected chi connectivity index (χ2v) is 23.7. The van der Waals surface area contributed by atoms with E-state index >= 15 is 0 Å². The van der Waals surface area contributed by atoms with Crippen molar-refractivity contribution < 1.29 is 4.42 Å². The topological polar surface area (TPSA) is 30.1 Å². The number of nitrogens with one attached hydrogen (secondary N) is 1. The number of aromatic nitrogens is 1. The molecule has 3 aliphatic rings.